The lowest BCUT2D eigenvalue weighted by Gasteiger charge is -2.10. The summed E-state index contributed by atoms with van der Waals surface area (Å²) < 4.78 is 10.1. The fourth-order valence-electron chi connectivity index (χ4n) is 3.00. The molecule has 4 rings (SSSR count). The summed E-state index contributed by atoms with van der Waals surface area (Å²) in [5.41, 5.74) is 4.46. The minimum Gasteiger partial charge on any atom is -0.486 e. The zero-order chi connectivity index (χ0) is 19.5. The van der Waals surface area contributed by atoms with E-state index in [1.807, 2.05) is 34.9 Å². The molecule has 7 heteroatoms. The van der Waals surface area contributed by atoms with Gasteiger partial charge in [-0.3, -0.25) is 0 Å². The average molecular weight is 394 g/mol. The van der Waals surface area contributed by atoms with Gasteiger partial charge in [0.25, 0.3) is 0 Å². The normalized spacial score (nSPS) is 11.2. The quantitative estimate of drug-likeness (QED) is 0.435. The van der Waals surface area contributed by atoms with Crippen LogP contribution in [0.1, 0.15) is 29.6 Å². The molecule has 0 radical (unpaired) electrons. The van der Waals surface area contributed by atoms with Crippen LogP contribution in [0.3, 0.4) is 0 Å². The van der Waals surface area contributed by atoms with Gasteiger partial charge in [-0.1, -0.05) is 23.9 Å². The van der Waals surface area contributed by atoms with Crippen molar-refractivity contribution in [2.75, 3.05) is 0 Å². The monoisotopic (exact) mass is 393 g/mol. The van der Waals surface area contributed by atoms with Crippen LogP contribution >= 0.6 is 11.8 Å². The number of benzene rings is 1. The molecule has 4 aromatic rings. The molecule has 0 saturated heterocycles. The topological polar surface area (TPSA) is 57.2 Å². The second-order valence-corrected chi connectivity index (χ2v) is 7.61. The largest absolute Gasteiger partial charge is 0.486 e. The molecule has 6 nitrogen and oxygen atoms in total. The van der Waals surface area contributed by atoms with Gasteiger partial charge in [0.05, 0.1) is 5.69 Å². The molecule has 0 aliphatic rings. The van der Waals surface area contributed by atoms with Crippen LogP contribution in [0.4, 0.5) is 0 Å². The van der Waals surface area contributed by atoms with Crippen LogP contribution in [0, 0.1) is 13.8 Å². The van der Waals surface area contributed by atoms with E-state index in [0.29, 0.717) is 6.61 Å². The summed E-state index contributed by atoms with van der Waals surface area (Å²) in [6, 6.07) is 12.1. The number of hydrogen-bond acceptors (Lipinski definition) is 5. The van der Waals surface area contributed by atoms with Crippen molar-refractivity contribution in [3.63, 3.8) is 0 Å². The van der Waals surface area contributed by atoms with Crippen molar-refractivity contribution in [1.82, 2.24) is 24.1 Å². The number of hydrogen-bond donors (Lipinski definition) is 0. The Hall–Kier alpha value is -2.80. The maximum Gasteiger partial charge on any atom is 0.191 e. The van der Waals surface area contributed by atoms with E-state index < -0.39 is 0 Å². The van der Waals surface area contributed by atoms with Crippen molar-refractivity contribution in [3.8, 4) is 5.75 Å². The van der Waals surface area contributed by atoms with Crippen LogP contribution < -0.4 is 4.74 Å². The van der Waals surface area contributed by atoms with Crippen LogP contribution in [0.15, 0.2) is 53.9 Å². The Morgan fingerprint density at radius 3 is 2.75 bits per heavy atom. The number of aryl methyl sites for hydroxylation is 2. The first kappa shape index (κ1) is 18.6. The lowest BCUT2D eigenvalue weighted by molar-refractivity contribution is 0.288. The first-order valence-corrected chi connectivity index (χ1v) is 10.3. The molecule has 0 bridgehead atoms. The number of aromatic nitrogens is 5. The maximum absolute atomic E-state index is 5.94. The average Bonchev–Trinajstić information content (AvgIpc) is 3.30. The summed E-state index contributed by atoms with van der Waals surface area (Å²) in [7, 11) is 0. The maximum atomic E-state index is 5.94. The molecule has 0 amide bonds. The van der Waals surface area contributed by atoms with Crippen molar-refractivity contribution >= 4 is 17.4 Å². The fraction of sp³-hybridized carbons (Fsp3) is 0.286. The molecule has 1 aromatic carbocycles. The molecule has 0 N–H and O–H groups in total. The Labute approximate surface area is 168 Å². The van der Waals surface area contributed by atoms with Gasteiger partial charge in [-0.25, -0.2) is 4.98 Å². The molecular formula is C21H23N5OS. The molecule has 0 aliphatic carbocycles. The van der Waals surface area contributed by atoms with Crippen molar-refractivity contribution in [2.45, 2.75) is 44.8 Å². The van der Waals surface area contributed by atoms with Gasteiger partial charge in [0.1, 0.15) is 18.0 Å². The minimum absolute atomic E-state index is 0.401. The third-order valence-corrected chi connectivity index (χ3v) is 5.72. The van der Waals surface area contributed by atoms with Gasteiger partial charge in [0, 0.05) is 24.7 Å². The molecule has 3 heterocycles. The van der Waals surface area contributed by atoms with E-state index in [9.17, 15) is 0 Å². The van der Waals surface area contributed by atoms with Crippen LogP contribution in [0.5, 0.6) is 5.75 Å². The molecule has 28 heavy (non-hydrogen) atoms. The minimum atomic E-state index is 0.401. The fourth-order valence-corrected chi connectivity index (χ4v) is 3.90. The molecule has 0 atom stereocenters. The van der Waals surface area contributed by atoms with Crippen molar-refractivity contribution < 1.29 is 4.74 Å². The Kier molecular flexibility index (Phi) is 5.34. The van der Waals surface area contributed by atoms with Crippen LogP contribution in [-0.2, 0) is 18.9 Å². The molecule has 0 saturated carbocycles. The van der Waals surface area contributed by atoms with Crippen molar-refractivity contribution in [3.05, 3.63) is 71.4 Å². The number of rotatable bonds is 7. The summed E-state index contributed by atoms with van der Waals surface area (Å²) in [5.74, 6) is 2.43. The van der Waals surface area contributed by atoms with E-state index in [2.05, 4.69) is 58.8 Å². The van der Waals surface area contributed by atoms with Crippen molar-refractivity contribution in [2.24, 2.45) is 0 Å². The second-order valence-electron chi connectivity index (χ2n) is 6.66. The SMILES string of the molecule is CCn1c(COc2ccc(C)c(C)c2)nnc1SCc1cn2ccccc2n1. The van der Waals surface area contributed by atoms with E-state index in [1.165, 1.54) is 11.1 Å². The van der Waals surface area contributed by atoms with E-state index in [4.69, 9.17) is 4.74 Å². The van der Waals surface area contributed by atoms with Gasteiger partial charge in [-0.15, -0.1) is 10.2 Å². The van der Waals surface area contributed by atoms with E-state index in [1.54, 1.807) is 11.8 Å². The summed E-state index contributed by atoms with van der Waals surface area (Å²) >= 11 is 1.64. The number of thioether (sulfide) groups is 1. The number of nitrogens with zero attached hydrogens (tertiary/aromatic N) is 5. The zero-order valence-electron chi connectivity index (χ0n) is 16.3. The molecule has 144 valence electrons. The first-order valence-electron chi connectivity index (χ1n) is 9.31. The predicted octanol–water partition coefficient (Wildman–Crippen LogP) is 4.43. The highest BCUT2D eigenvalue weighted by molar-refractivity contribution is 7.98. The van der Waals surface area contributed by atoms with E-state index in [0.717, 1.165) is 40.4 Å². The standard InChI is InChI=1S/C21H23N5OS/c1-4-26-20(13-27-18-9-8-15(2)16(3)11-18)23-24-21(26)28-14-17-12-25-10-6-5-7-19(25)22-17/h5-12H,4,13-14H2,1-3H3. The molecule has 0 spiro atoms. The Morgan fingerprint density at radius 1 is 1.07 bits per heavy atom. The Bertz CT molecular complexity index is 1070. The Balaban J connectivity index is 1.43. The van der Waals surface area contributed by atoms with E-state index in [-0.39, 0.29) is 0 Å². The van der Waals surface area contributed by atoms with Gasteiger partial charge < -0.3 is 13.7 Å². The van der Waals surface area contributed by atoms with Crippen LogP contribution in [0.2, 0.25) is 0 Å². The number of fused-ring (bicyclic) bond motifs is 1. The lowest BCUT2D eigenvalue weighted by Crippen LogP contribution is -2.07. The van der Waals surface area contributed by atoms with Gasteiger partial charge in [-0.05, 0) is 56.2 Å². The highest BCUT2D eigenvalue weighted by Gasteiger charge is 2.13. The zero-order valence-corrected chi connectivity index (χ0v) is 17.1. The number of pyridine rings is 1. The number of ether oxygens (including phenoxy) is 1. The number of imidazole rings is 1. The smallest absolute Gasteiger partial charge is 0.191 e. The molecular weight excluding hydrogens is 370 g/mol. The Morgan fingerprint density at radius 2 is 1.96 bits per heavy atom. The van der Waals surface area contributed by atoms with Crippen LogP contribution in [0.25, 0.3) is 5.65 Å². The molecule has 0 fully saturated rings. The summed E-state index contributed by atoms with van der Waals surface area (Å²) in [6.45, 7) is 7.48. The molecule has 0 aliphatic heterocycles. The van der Waals surface area contributed by atoms with Gasteiger partial charge in [-0.2, -0.15) is 0 Å². The second kappa shape index (κ2) is 8.06. The van der Waals surface area contributed by atoms with Gasteiger partial charge in [0.2, 0.25) is 0 Å². The summed E-state index contributed by atoms with van der Waals surface area (Å²) in [4.78, 5) is 4.64. The third kappa shape index (κ3) is 3.89. The lowest BCUT2D eigenvalue weighted by atomic mass is 10.1. The molecule has 3 aromatic heterocycles. The van der Waals surface area contributed by atoms with E-state index >= 15 is 0 Å². The van der Waals surface area contributed by atoms with Gasteiger partial charge >= 0.3 is 0 Å². The van der Waals surface area contributed by atoms with Crippen LogP contribution in [-0.4, -0.2) is 24.1 Å². The predicted molar refractivity (Wildman–Crippen MR) is 111 cm³/mol. The highest BCUT2D eigenvalue weighted by Crippen LogP contribution is 2.23. The van der Waals surface area contributed by atoms with Crippen molar-refractivity contribution in [1.29, 1.82) is 0 Å². The first-order chi connectivity index (χ1) is 13.6. The summed E-state index contributed by atoms with van der Waals surface area (Å²) in [6.07, 6.45) is 4.06. The highest BCUT2D eigenvalue weighted by atomic mass is 32.2. The van der Waals surface area contributed by atoms with Gasteiger partial charge in [0.15, 0.2) is 11.0 Å². The molecule has 0 unspecified atom stereocenters. The summed E-state index contributed by atoms with van der Waals surface area (Å²) in [5, 5.41) is 9.59. The third-order valence-electron chi connectivity index (χ3n) is 4.72.